The molecule has 2 aliphatic heterocycles. The number of hydrogen-bond donors (Lipinski definition) is 2. The number of aliphatic hydroxyl groups is 1. The molecule has 0 spiro atoms. The average Bonchev–Trinajstić information content (AvgIpc) is 2.25. The van der Waals surface area contributed by atoms with Gasteiger partial charge in [-0.3, -0.25) is 0 Å². The fraction of sp³-hybridized carbons (Fsp3) is 1.00. The van der Waals surface area contributed by atoms with E-state index in [1.807, 2.05) is 13.8 Å². The van der Waals surface area contributed by atoms with Gasteiger partial charge in [0.1, 0.15) is 11.7 Å². The number of nitrogens with one attached hydrogen (secondary N) is 1. The van der Waals surface area contributed by atoms with Crippen LogP contribution in [0.25, 0.3) is 0 Å². The predicted octanol–water partition coefficient (Wildman–Crippen LogP) is -0.528. The Balaban J connectivity index is 1.99. The molecule has 0 radical (unpaired) electrons. The summed E-state index contributed by atoms with van der Waals surface area (Å²) in [5, 5.41) is 12.9. The summed E-state index contributed by atoms with van der Waals surface area (Å²) in [5.74, 6) is -0.532. The van der Waals surface area contributed by atoms with Gasteiger partial charge < -0.3 is 19.9 Å². The third kappa shape index (κ3) is 1.25. The predicted molar refractivity (Wildman–Crippen MR) is 42.7 cm³/mol. The normalized spacial score (nSPS) is 37.8. The van der Waals surface area contributed by atoms with Crippen molar-refractivity contribution in [1.82, 2.24) is 5.32 Å². The summed E-state index contributed by atoms with van der Waals surface area (Å²) < 4.78 is 10.9. The van der Waals surface area contributed by atoms with Crippen molar-refractivity contribution in [3.05, 3.63) is 0 Å². The van der Waals surface area contributed by atoms with Gasteiger partial charge in [-0.2, -0.15) is 0 Å². The summed E-state index contributed by atoms with van der Waals surface area (Å²) in [6, 6.07) is 0. The molecule has 0 saturated carbocycles. The zero-order valence-corrected chi connectivity index (χ0v) is 7.46. The summed E-state index contributed by atoms with van der Waals surface area (Å²) in [5.41, 5.74) is -0.701. The van der Waals surface area contributed by atoms with E-state index in [1.54, 1.807) is 0 Å². The van der Waals surface area contributed by atoms with Crippen LogP contribution in [0, 0.1) is 0 Å². The number of rotatable bonds is 1. The molecule has 12 heavy (non-hydrogen) atoms. The van der Waals surface area contributed by atoms with E-state index in [1.165, 1.54) is 0 Å². The molecular weight excluding hydrogens is 158 g/mol. The Morgan fingerprint density at radius 3 is 2.42 bits per heavy atom. The van der Waals surface area contributed by atoms with E-state index < -0.39 is 11.4 Å². The lowest BCUT2D eigenvalue weighted by Gasteiger charge is -2.41. The van der Waals surface area contributed by atoms with Gasteiger partial charge in [0.05, 0.1) is 6.61 Å². The van der Waals surface area contributed by atoms with Crippen molar-refractivity contribution in [1.29, 1.82) is 0 Å². The topological polar surface area (TPSA) is 50.7 Å². The molecule has 0 aromatic rings. The van der Waals surface area contributed by atoms with Crippen LogP contribution in [0.4, 0.5) is 0 Å². The fourth-order valence-corrected chi connectivity index (χ4v) is 1.56. The lowest BCUT2D eigenvalue weighted by Crippen LogP contribution is -2.66. The van der Waals surface area contributed by atoms with E-state index in [4.69, 9.17) is 9.47 Å². The molecule has 2 aliphatic rings. The average molecular weight is 173 g/mol. The molecule has 0 aliphatic carbocycles. The minimum atomic E-state index is -0.701. The van der Waals surface area contributed by atoms with E-state index >= 15 is 0 Å². The van der Waals surface area contributed by atoms with Gasteiger partial charge in [0.15, 0.2) is 5.79 Å². The van der Waals surface area contributed by atoms with Crippen LogP contribution in [0.15, 0.2) is 0 Å². The van der Waals surface area contributed by atoms with Gasteiger partial charge in [-0.05, 0) is 13.8 Å². The molecule has 0 aromatic heterocycles. The van der Waals surface area contributed by atoms with E-state index in [0.29, 0.717) is 19.7 Å². The van der Waals surface area contributed by atoms with E-state index in [-0.39, 0.29) is 6.10 Å². The highest BCUT2D eigenvalue weighted by Crippen LogP contribution is 2.30. The van der Waals surface area contributed by atoms with Crippen LogP contribution >= 0.6 is 0 Å². The standard InChI is InChI=1S/C8H15NO3/c1-7(2)11-3-6(12-7)8(10)4-9-5-8/h6,9-10H,3-5H2,1-2H3. The van der Waals surface area contributed by atoms with E-state index in [0.717, 1.165) is 0 Å². The summed E-state index contributed by atoms with van der Waals surface area (Å²) in [6.45, 7) is 5.43. The zero-order chi connectivity index (χ0) is 8.82. The maximum absolute atomic E-state index is 9.87. The molecule has 2 fully saturated rings. The minimum absolute atomic E-state index is 0.172. The highest BCUT2D eigenvalue weighted by molar-refractivity contribution is 5.01. The Hall–Kier alpha value is -0.160. The van der Waals surface area contributed by atoms with Crippen LogP contribution in [0.2, 0.25) is 0 Å². The first-order chi connectivity index (χ1) is 5.52. The van der Waals surface area contributed by atoms with Crippen LogP contribution in [0.5, 0.6) is 0 Å². The van der Waals surface area contributed by atoms with Crippen LogP contribution in [-0.2, 0) is 9.47 Å². The second kappa shape index (κ2) is 2.42. The second-order valence-corrected chi connectivity index (χ2v) is 4.02. The monoisotopic (exact) mass is 173 g/mol. The fourth-order valence-electron chi connectivity index (χ4n) is 1.56. The highest BCUT2D eigenvalue weighted by atomic mass is 16.7. The highest BCUT2D eigenvalue weighted by Gasteiger charge is 2.49. The Kier molecular flexibility index (Phi) is 1.70. The molecule has 0 bridgehead atoms. The SMILES string of the molecule is CC1(C)OCC(C2(O)CNC2)O1. The molecule has 4 nitrogen and oxygen atoms in total. The molecule has 2 N–H and O–H groups in total. The maximum atomic E-state index is 9.87. The van der Waals surface area contributed by atoms with Crippen molar-refractivity contribution in [3.63, 3.8) is 0 Å². The largest absolute Gasteiger partial charge is 0.384 e. The van der Waals surface area contributed by atoms with Gasteiger partial charge >= 0.3 is 0 Å². The van der Waals surface area contributed by atoms with Gasteiger partial charge in [0.25, 0.3) is 0 Å². The van der Waals surface area contributed by atoms with Crippen molar-refractivity contribution in [2.24, 2.45) is 0 Å². The lowest BCUT2D eigenvalue weighted by atomic mass is 9.91. The van der Waals surface area contributed by atoms with Gasteiger partial charge in [-0.25, -0.2) is 0 Å². The van der Waals surface area contributed by atoms with Crippen LogP contribution < -0.4 is 5.32 Å². The van der Waals surface area contributed by atoms with Crippen molar-refractivity contribution in [2.75, 3.05) is 19.7 Å². The Morgan fingerprint density at radius 1 is 1.42 bits per heavy atom. The minimum Gasteiger partial charge on any atom is -0.384 e. The molecule has 2 saturated heterocycles. The zero-order valence-electron chi connectivity index (χ0n) is 7.46. The number of β-amino-alcohol motifs (C(OH)–C–C–N with tert-alkyl or cyclic N) is 1. The quantitative estimate of drug-likeness (QED) is 0.560. The van der Waals surface area contributed by atoms with Crippen LogP contribution in [0.1, 0.15) is 13.8 Å². The molecule has 4 heteroatoms. The maximum Gasteiger partial charge on any atom is 0.163 e. The molecule has 1 unspecified atom stereocenters. The third-order valence-corrected chi connectivity index (χ3v) is 2.47. The summed E-state index contributed by atoms with van der Waals surface area (Å²) >= 11 is 0. The van der Waals surface area contributed by atoms with E-state index in [2.05, 4.69) is 5.32 Å². The molecule has 0 aromatic carbocycles. The molecule has 0 amide bonds. The summed E-state index contributed by atoms with van der Waals surface area (Å²) in [7, 11) is 0. The molecule has 2 rings (SSSR count). The van der Waals surface area contributed by atoms with Gasteiger partial charge in [-0.1, -0.05) is 0 Å². The van der Waals surface area contributed by atoms with Crippen molar-refractivity contribution in [3.8, 4) is 0 Å². The van der Waals surface area contributed by atoms with Crippen LogP contribution in [-0.4, -0.2) is 42.3 Å². The first kappa shape index (κ1) is 8.44. The third-order valence-electron chi connectivity index (χ3n) is 2.47. The first-order valence-electron chi connectivity index (χ1n) is 4.27. The molecule has 2 heterocycles. The number of ether oxygens (including phenoxy) is 2. The Morgan fingerprint density at radius 2 is 2.08 bits per heavy atom. The summed E-state index contributed by atoms with van der Waals surface area (Å²) in [6.07, 6.45) is -0.172. The Labute approximate surface area is 71.9 Å². The molecular formula is C8H15NO3. The van der Waals surface area contributed by atoms with Crippen molar-refractivity contribution >= 4 is 0 Å². The van der Waals surface area contributed by atoms with Gasteiger partial charge in [0.2, 0.25) is 0 Å². The molecule has 1 atom stereocenters. The number of hydrogen-bond acceptors (Lipinski definition) is 4. The summed E-state index contributed by atoms with van der Waals surface area (Å²) in [4.78, 5) is 0. The lowest BCUT2D eigenvalue weighted by molar-refractivity contribution is -0.179. The Bertz CT molecular complexity index is 189. The van der Waals surface area contributed by atoms with E-state index in [9.17, 15) is 5.11 Å². The first-order valence-corrected chi connectivity index (χ1v) is 4.27. The van der Waals surface area contributed by atoms with Gasteiger partial charge in [-0.15, -0.1) is 0 Å². The smallest absolute Gasteiger partial charge is 0.163 e. The van der Waals surface area contributed by atoms with Crippen molar-refractivity contribution in [2.45, 2.75) is 31.3 Å². The van der Waals surface area contributed by atoms with Gasteiger partial charge in [0, 0.05) is 13.1 Å². The second-order valence-electron chi connectivity index (χ2n) is 4.02. The van der Waals surface area contributed by atoms with Crippen LogP contribution in [0.3, 0.4) is 0 Å². The van der Waals surface area contributed by atoms with Crippen molar-refractivity contribution < 1.29 is 14.6 Å². The molecule has 70 valence electrons.